The van der Waals surface area contributed by atoms with E-state index in [0.29, 0.717) is 6.42 Å². The summed E-state index contributed by atoms with van der Waals surface area (Å²) >= 11 is 6.04. The number of ether oxygens (including phenoxy) is 1. The second-order valence-corrected chi connectivity index (χ2v) is 11.6. The van der Waals surface area contributed by atoms with E-state index in [1.807, 2.05) is 24.3 Å². The van der Waals surface area contributed by atoms with Crippen LogP contribution in [-0.4, -0.2) is 34.1 Å². The molecule has 3 aromatic rings. The summed E-state index contributed by atoms with van der Waals surface area (Å²) < 4.78 is 54.3. The lowest BCUT2D eigenvalue weighted by Gasteiger charge is -2.43. The van der Waals surface area contributed by atoms with Crippen LogP contribution in [0.1, 0.15) is 30.4 Å². The van der Waals surface area contributed by atoms with Crippen LogP contribution in [0.2, 0.25) is 5.02 Å². The third kappa shape index (κ3) is 5.31. The quantitative estimate of drug-likeness (QED) is 0.349. The first-order valence-electron chi connectivity index (χ1n) is 12.2. The molecule has 1 aliphatic carbocycles. The van der Waals surface area contributed by atoms with Crippen LogP contribution in [0.5, 0.6) is 5.75 Å². The van der Waals surface area contributed by atoms with E-state index in [0.717, 1.165) is 37.1 Å². The number of hydrogen-bond acceptors (Lipinski definition) is 5. The van der Waals surface area contributed by atoms with Gasteiger partial charge in [0, 0.05) is 17.4 Å². The van der Waals surface area contributed by atoms with E-state index in [-0.39, 0.29) is 21.7 Å². The Labute approximate surface area is 220 Å². The standard InChI is InChI=1S/C27H28ClF2N3O3S/c28-20-16-19(14-15-25(20)36-27(29)30)37(31,35)32-21-8-5-11-24(26(21)34)33-22-9-3-1-6-17(22)12-13-18-7-2-4-10-23(18)33/h1-4,6-7,9-10,14-16,21,24,26-27,34H,5,8,11-13H2,(H2,31,32,35). The lowest BCUT2D eigenvalue weighted by atomic mass is 9.86. The van der Waals surface area contributed by atoms with Gasteiger partial charge in [0.05, 0.1) is 22.1 Å². The molecule has 0 radical (unpaired) electrons. The first-order chi connectivity index (χ1) is 17.7. The van der Waals surface area contributed by atoms with Gasteiger partial charge in [-0.15, -0.1) is 0 Å². The van der Waals surface area contributed by atoms with Gasteiger partial charge in [-0.25, -0.2) is 13.7 Å². The van der Waals surface area contributed by atoms with Crippen LogP contribution in [0.3, 0.4) is 0 Å². The minimum atomic E-state index is -3.60. The molecule has 0 aromatic heterocycles. The maximum atomic E-state index is 13.4. The van der Waals surface area contributed by atoms with E-state index in [2.05, 4.69) is 38.6 Å². The average molecular weight is 548 g/mol. The molecule has 5 rings (SSSR count). The van der Waals surface area contributed by atoms with Gasteiger partial charge in [0.2, 0.25) is 0 Å². The average Bonchev–Trinajstić information content (AvgIpc) is 3.03. The first-order valence-corrected chi connectivity index (χ1v) is 14.1. The summed E-state index contributed by atoms with van der Waals surface area (Å²) in [5.41, 5.74) is 4.49. The van der Waals surface area contributed by atoms with Crippen molar-refractivity contribution in [1.29, 1.82) is 4.78 Å². The highest BCUT2D eigenvalue weighted by Gasteiger charge is 2.39. The fourth-order valence-electron chi connectivity index (χ4n) is 5.37. The molecular formula is C27H28ClF2N3O3S. The number of alkyl halides is 2. The molecule has 2 aliphatic rings. The molecule has 10 heteroatoms. The van der Waals surface area contributed by atoms with Gasteiger partial charge in [-0.3, -0.25) is 0 Å². The number of aryl methyl sites for hydroxylation is 2. The summed E-state index contributed by atoms with van der Waals surface area (Å²) in [6.07, 6.45) is 2.88. The Morgan fingerprint density at radius 1 is 1.03 bits per heavy atom. The molecule has 1 aliphatic heterocycles. The van der Waals surface area contributed by atoms with Crippen LogP contribution >= 0.6 is 11.6 Å². The van der Waals surface area contributed by atoms with Crippen molar-refractivity contribution in [2.24, 2.45) is 0 Å². The molecule has 1 heterocycles. The van der Waals surface area contributed by atoms with Crippen LogP contribution in [0.25, 0.3) is 0 Å². The van der Waals surface area contributed by atoms with Gasteiger partial charge in [0.1, 0.15) is 15.7 Å². The van der Waals surface area contributed by atoms with E-state index >= 15 is 0 Å². The van der Waals surface area contributed by atoms with Crippen LogP contribution in [0, 0.1) is 4.78 Å². The van der Waals surface area contributed by atoms with Crippen molar-refractivity contribution in [3.63, 3.8) is 0 Å². The van der Waals surface area contributed by atoms with Crippen LogP contribution < -0.4 is 14.4 Å². The number of hydrogen-bond donors (Lipinski definition) is 3. The molecule has 4 unspecified atom stereocenters. The second-order valence-electron chi connectivity index (χ2n) is 9.37. The summed E-state index contributed by atoms with van der Waals surface area (Å²) in [7, 11) is -3.60. The Hall–Kier alpha value is -2.72. The smallest absolute Gasteiger partial charge is 0.387 e. The van der Waals surface area contributed by atoms with E-state index in [1.165, 1.54) is 29.3 Å². The van der Waals surface area contributed by atoms with Gasteiger partial charge in [-0.2, -0.15) is 8.78 Å². The van der Waals surface area contributed by atoms with E-state index < -0.39 is 28.7 Å². The van der Waals surface area contributed by atoms with Gasteiger partial charge in [0.15, 0.2) is 0 Å². The highest BCUT2D eigenvalue weighted by molar-refractivity contribution is 7.90. The van der Waals surface area contributed by atoms with Gasteiger partial charge in [0.25, 0.3) is 0 Å². The van der Waals surface area contributed by atoms with Crippen molar-refractivity contribution in [2.45, 2.75) is 61.8 Å². The molecule has 1 saturated carbocycles. The third-order valence-corrected chi connectivity index (χ3v) is 8.94. The molecule has 0 saturated heterocycles. The normalized spacial score (nSPS) is 23.1. The number of rotatable bonds is 6. The minimum absolute atomic E-state index is 0.0268. The highest BCUT2D eigenvalue weighted by atomic mass is 35.5. The molecule has 6 nitrogen and oxygen atoms in total. The topological polar surface area (TPSA) is 85.7 Å². The minimum Gasteiger partial charge on any atom is -0.433 e. The Kier molecular flexibility index (Phi) is 7.40. The Bertz CT molecular complexity index is 1340. The number of aliphatic hydroxyl groups excluding tert-OH is 1. The lowest BCUT2D eigenvalue weighted by molar-refractivity contribution is -0.0498. The number of nitrogens with one attached hydrogen (secondary N) is 2. The largest absolute Gasteiger partial charge is 0.433 e. The van der Waals surface area contributed by atoms with Crippen LogP contribution in [-0.2, 0) is 22.8 Å². The number of nitrogens with zero attached hydrogens (tertiary/aromatic N) is 1. The molecule has 0 amide bonds. The molecule has 0 spiro atoms. The lowest BCUT2D eigenvalue weighted by Crippen LogP contribution is -2.55. The number of para-hydroxylation sites is 2. The maximum absolute atomic E-state index is 13.4. The molecule has 196 valence electrons. The Morgan fingerprint density at radius 2 is 1.65 bits per heavy atom. The molecule has 4 atom stereocenters. The molecule has 3 N–H and O–H groups in total. The number of anilines is 2. The van der Waals surface area contributed by atoms with Crippen LogP contribution in [0.4, 0.5) is 20.2 Å². The number of halogens is 3. The number of benzene rings is 3. The summed E-state index contributed by atoms with van der Waals surface area (Å²) in [5, 5.41) is 11.4. The fourth-order valence-corrected chi connectivity index (χ4v) is 7.02. The van der Waals surface area contributed by atoms with Crippen molar-refractivity contribution in [3.05, 3.63) is 82.9 Å². The molecule has 0 bridgehead atoms. The Balaban J connectivity index is 1.44. The van der Waals surface area contributed by atoms with E-state index in [9.17, 15) is 18.1 Å². The molecular weight excluding hydrogens is 520 g/mol. The maximum Gasteiger partial charge on any atom is 0.387 e. The van der Waals surface area contributed by atoms with E-state index in [4.69, 9.17) is 16.4 Å². The van der Waals surface area contributed by atoms with Crippen LogP contribution in [0.15, 0.2) is 71.6 Å². The van der Waals surface area contributed by atoms with Crippen molar-refractivity contribution >= 4 is 32.9 Å². The highest BCUT2D eigenvalue weighted by Crippen LogP contribution is 2.41. The van der Waals surface area contributed by atoms with Gasteiger partial charge in [-0.1, -0.05) is 48.0 Å². The zero-order valence-corrected chi connectivity index (χ0v) is 21.5. The molecule has 1 fully saturated rings. The molecule has 37 heavy (non-hydrogen) atoms. The predicted molar refractivity (Wildman–Crippen MR) is 140 cm³/mol. The molecule has 3 aromatic carbocycles. The summed E-state index contributed by atoms with van der Waals surface area (Å²) in [6.45, 7) is -3.05. The van der Waals surface area contributed by atoms with Crippen molar-refractivity contribution in [1.82, 2.24) is 4.72 Å². The monoisotopic (exact) mass is 547 g/mol. The first kappa shape index (κ1) is 25.9. The zero-order valence-electron chi connectivity index (χ0n) is 19.9. The van der Waals surface area contributed by atoms with Gasteiger partial charge >= 0.3 is 6.61 Å². The number of fused-ring (bicyclic) bond motifs is 2. The second kappa shape index (κ2) is 10.6. The summed E-state index contributed by atoms with van der Waals surface area (Å²) in [6, 6.07) is 19.1. The van der Waals surface area contributed by atoms with Gasteiger partial charge in [-0.05, 0) is 73.6 Å². The Morgan fingerprint density at radius 3 is 2.24 bits per heavy atom. The fraction of sp³-hybridized carbons (Fsp3) is 0.333. The SMILES string of the molecule is N=S(=O)(NC1CCCC(N2c3ccccc3CCc3ccccc32)C1O)c1ccc(OC(F)F)c(Cl)c1. The van der Waals surface area contributed by atoms with Gasteiger partial charge < -0.3 is 14.7 Å². The zero-order chi connectivity index (χ0) is 26.2. The van der Waals surface area contributed by atoms with Crippen molar-refractivity contribution in [3.8, 4) is 5.75 Å². The third-order valence-electron chi connectivity index (χ3n) is 7.09. The summed E-state index contributed by atoms with van der Waals surface area (Å²) in [5.74, 6) is -0.258. The van der Waals surface area contributed by atoms with Crippen molar-refractivity contribution < 1.29 is 22.8 Å². The van der Waals surface area contributed by atoms with Crippen molar-refractivity contribution in [2.75, 3.05) is 4.90 Å². The van der Waals surface area contributed by atoms with E-state index in [1.54, 1.807) is 0 Å². The number of aliphatic hydroxyl groups is 1. The summed E-state index contributed by atoms with van der Waals surface area (Å²) in [4.78, 5) is 2.23. The predicted octanol–water partition coefficient (Wildman–Crippen LogP) is 6.07.